The lowest BCUT2D eigenvalue weighted by Gasteiger charge is -2.10. The van der Waals surface area contributed by atoms with Crippen LogP contribution in [0.5, 0.6) is 5.75 Å². The number of ether oxygens (including phenoxy) is 1. The van der Waals surface area contributed by atoms with Crippen LogP contribution >= 0.6 is 0 Å². The van der Waals surface area contributed by atoms with Crippen LogP contribution in [0.1, 0.15) is 29.9 Å². The van der Waals surface area contributed by atoms with Crippen molar-refractivity contribution in [3.8, 4) is 5.75 Å². The first kappa shape index (κ1) is 15.1. The Morgan fingerprint density at radius 3 is 2.70 bits per heavy atom. The minimum absolute atomic E-state index is 0.115. The maximum atomic E-state index is 12.2. The van der Waals surface area contributed by atoms with Gasteiger partial charge in [-0.05, 0) is 50.2 Å². The van der Waals surface area contributed by atoms with E-state index in [0.717, 1.165) is 17.1 Å². The minimum Gasteiger partial charge on any atom is -0.491 e. The van der Waals surface area contributed by atoms with Gasteiger partial charge in [-0.15, -0.1) is 0 Å². The normalized spacial score (nSPS) is 10.9. The number of rotatable bonds is 5. The Balaban J connectivity index is 1.62. The SMILES string of the molecule is CC(C)Oc1ccc(C(=O)NCc2cn3ccccc3n2)cc1. The molecule has 0 radical (unpaired) electrons. The summed E-state index contributed by atoms with van der Waals surface area (Å²) in [6.07, 6.45) is 3.96. The lowest BCUT2D eigenvalue weighted by molar-refractivity contribution is 0.0950. The molecule has 0 atom stereocenters. The van der Waals surface area contributed by atoms with Crippen molar-refractivity contribution in [2.24, 2.45) is 0 Å². The van der Waals surface area contributed by atoms with Crippen LogP contribution in [0.3, 0.4) is 0 Å². The van der Waals surface area contributed by atoms with Crippen LogP contribution in [0.25, 0.3) is 5.65 Å². The van der Waals surface area contributed by atoms with Crippen molar-refractivity contribution < 1.29 is 9.53 Å². The van der Waals surface area contributed by atoms with E-state index in [-0.39, 0.29) is 12.0 Å². The molecule has 1 N–H and O–H groups in total. The molecule has 1 amide bonds. The fourth-order valence-electron chi connectivity index (χ4n) is 2.30. The van der Waals surface area contributed by atoms with E-state index in [0.29, 0.717) is 12.1 Å². The molecule has 5 nitrogen and oxygen atoms in total. The molecule has 0 unspecified atom stereocenters. The van der Waals surface area contributed by atoms with Gasteiger partial charge >= 0.3 is 0 Å². The van der Waals surface area contributed by atoms with Gasteiger partial charge in [0, 0.05) is 18.0 Å². The Morgan fingerprint density at radius 2 is 2.00 bits per heavy atom. The molecule has 2 heterocycles. The second kappa shape index (κ2) is 6.52. The average Bonchev–Trinajstić information content (AvgIpc) is 2.95. The first-order chi connectivity index (χ1) is 11.1. The van der Waals surface area contributed by atoms with Gasteiger partial charge in [-0.1, -0.05) is 6.07 Å². The Morgan fingerprint density at radius 1 is 1.22 bits per heavy atom. The number of hydrogen-bond acceptors (Lipinski definition) is 3. The third-order valence-electron chi connectivity index (χ3n) is 3.33. The van der Waals surface area contributed by atoms with Crippen molar-refractivity contribution in [1.29, 1.82) is 0 Å². The van der Waals surface area contributed by atoms with E-state index < -0.39 is 0 Å². The van der Waals surface area contributed by atoms with Crippen LogP contribution in [-0.2, 0) is 6.54 Å². The lowest BCUT2D eigenvalue weighted by atomic mass is 10.2. The Hall–Kier alpha value is -2.82. The van der Waals surface area contributed by atoms with E-state index in [1.54, 1.807) is 24.3 Å². The molecule has 2 aromatic heterocycles. The van der Waals surface area contributed by atoms with E-state index in [1.807, 2.05) is 48.8 Å². The third kappa shape index (κ3) is 3.69. The zero-order valence-corrected chi connectivity index (χ0v) is 13.2. The second-order valence-corrected chi connectivity index (χ2v) is 5.57. The molecule has 3 rings (SSSR count). The van der Waals surface area contributed by atoms with Gasteiger partial charge in [0.15, 0.2) is 0 Å². The fraction of sp³-hybridized carbons (Fsp3) is 0.222. The number of carbonyl (C=O) groups excluding carboxylic acids is 1. The van der Waals surface area contributed by atoms with Gasteiger partial charge in [0.1, 0.15) is 11.4 Å². The van der Waals surface area contributed by atoms with E-state index >= 15 is 0 Å². The summed E-state index contributed by atoms with van der Waals surface area (Å²) in [5.41, 5.74) is 2.29. The first-order valence-electron chi connectivity index (χ1n) is 7.59. The first-order valence-corrected chi connectivity index (χ1v) is 7.59. The molecule has 1 aromatic carbocycles. The largest absolute Gasteiger partial charge is 0.491 e. The molecule has 23 heavy (non-hydrogen) atoms. The van der Waals surface area contributed by atoms with Crippen LogP contribution in [0.4, 0.5) is 0 Å². The molecule has 5 heteroatoms. The van der Waals surface area contributed by atoms with Gasteiger partial charge in [-0.3, -0.25) is 4.79 Å². The molecule has 3 aromatic rings. The summed E-state index contributed by atoms with van der Waals surface area (Å²) in [7, 11) is 0. The molecule has 0 saturated carbocycles. The van der Waals surface area contributed by atoms with Crippen LogP contribution in [0, 0.1) is 0 Å². The number of aromatic nitrogens is 2. The number of fused-ring (bicyclic) bond motifs is 1. The zero-order valence-electron chi connectivity index (χ0n) is 13.2. The maximum absolute atomic E-state index is 12.2. The number of hydrogen-bond donors (Lipinski definition) is 1. The highest BCUT2D eigenvalue weighted by Crippen LogP contribution is 2.14. The van der Waals surface area contributed by atoms with E-state index in [9.17, 15) is 4.79 Å². The molecular weight excluding hydrogens is 290 g/mol. The van der Waals surface area contributed by atoms with Crippen LogP contribution in [0.2, 0.25) is 0 Å². The van der Waals surface area contributed by atoms with Crippen LogP contribution in [0.15, 0.2) is 54.9 Å². The standard InChI is InChI=1S/C18H19N3O2/c1-13(2)23-16-8-6-14(7-9-16)18(22)19-11-15-12-21-10-4-3-5-17(21)20-15/h3-10,12-13H,11H2,1-2H3,(H,19,22). The molecule has 0 saturated heterocycles. The second-order valence-electron chi connectivity index (χ2n) is 5.57. The molecule has 0 aliphatic rings. The lowest BCUT2D eigenvalue weighted by Crippen LogP contribution is -2.22. The van der Waals surface area contributed by atoms with Gasteiger partial charge in [0.05, 0.1) is 18.3 Å². The summed E-state index contributed by atoms with van der Waals surface area (Å²) in [5, 5.41) is 2.88. The Bertz CT molecular complexity index is 774. The number of imidazole rings is 1. The van der Waals surface area contributed by atoms with Crippen molar-refractivity contribution in [3.63, 3.8) is 0 Å². The van der Waals surface area contributed by atoms with Crippen molar-refractivity contribution in [3.05, 3.63) is 66.1 Å². The van der Waals surface area contributed by atoms with Gasteiger partial charge in [0.25, 0.3) is 5.91 Å². The van der Waals surface area contributed by atoms with Crippen LogP contribution < -0.4 is 10.1 Å². The fourth-order valence-corrected chi connectivity index (χ4v) is 2.30. The number of pyridine rings is 1. The molecule has 0 fully saturated rings. The topological polar surface area (TPSA) is 55.6 Å². The summed E-state index contributed by atoms with van der Waals surface area (Å²) in [6.45, 7) is 4.33. The maximum Gasteiger partial charge on any atom is 0.251 e. The van der Waals surface area contributed by atoms with Gasteiger partial charge in [0.2, 0.25) is 0 Å². The van der Waals surface area contributed by atoms with E-state index in [1.165, 1.54) is 0 Å². The predicted octanol–water partition coefficient (Wildman–Crippen LogP) is 3.05. The molecule has 118 valence electrons. The smallest absolute Gasteiger partial charge is 0.251 e. The monoisotopic (exact) mass is 309 g/mol. The summed E-state index contributed by atoms with van der Waals surface area (Å²) in [4.78, 5) is 16.6. The number of nitrogens with zero attached hydrogens (tertiary/aromatic N) is 2. The predicted molar refractivity (Wildman–Crippen MR) is 88.6 cm³/mol. The Kier molecular flexibility index (Phi) is 4.28. The minimum atomic E-state index is -0.127. The quantitative estimate of drug-likeness (QED) is 0.788. The molecule has 0 aliphatic heterocycles. The summed E-state index contributed by atoms with van der Waals surface area (Å²) >= 11 is 0. The molecule has 0 bridgehead atoms. The molecule has 0 spiro atoms. The molecule has 0 aliphatic carbocycles. The summed E-state index contributed by atoms with van der Waals surface area (Å²) < 4.78 is 7.50. The number of benzene rings is 1. The molecular formula is C18H19N3O2. The third-order valence-corrected chi connectivity index (χ3v) is 3.33. The highest BCUT2D eigenvalue weighted by molar-refractivity contribution is 5.94. The van der Waals surface area contributed by atoms with E-state index in [4.69, 9.17) is 4.74 Å². The Labute approximate surface area is 134 Å². The number of carbonyl (C=O) groups is 1. The highest BCUT2D eigenvalue weighted by Gasteiger charge is 2.07. The average molecular weight is 309 g/mol. The van der Waals surface area contributed by atoms with Crippen LogP contribution in [-0.4, -0.2) is 21.4 Å². The van der Waals surface area contributed by atoms with Gasteiger partial charge in [-0.2, -0.15) is 0 Å². The zero-order chi connectivity index (χ0) is 16.2. The number of nitrogens with one attached hydrogen (secondary N) is 1. The van der Waals surface area contributed by atoms with Crippen molar-refractivity contribution in [2.75, 3.05) is 0 Å². The van der Waals surface area contributed by atoms with Crippen molar-refractivity contribution in [1.82, 2.24) is 14.7 Å². The van der Waals surface area contributed by atoms with E-state index in [2.05, 4.69) is 10.3 Å². The summed E-state index contributed by atoms with van der Waals surface area (Å²) in [5.74, 6) is 0.634. The summed E-state index contributed by atoms with van der Waals surface area (Å²) in [6, 6.07) is 12.9. The van der Waals surface area contributed by atoms with Crippen molar-refractivity contribution >= 4 is 11.6 Å². The van der Waals surface area contributed by atoms with Crippen molar-refractivity contribution in [2.45, 2.75) is 26.5 Å². The number of amides is 1. The van der Waals surface area contributed by atoms with Gasteiger partial charge < -0.3 is 14.5 Å². The highest BCUT2D eigenvalue weighted by atomic mass is 16.5. The van der Waals surface area contributed by atoms with Gasteiger partial charge in [-0.25, -0.2) is 4.98 Å².